The molecule has 8 nitrogen and oxygen atoms in total. The van der Waals surface area contributed by atoms with Crippen LogP contribution in [0.3, 0.4) is 0 Å². The van der Waals surface area contributed by atoms with E-state index >= 15 is 0 Å². The van der Waals surface area contributed by atoms with Gasteiger partial charge in [-0.3, -0.25) is 14.5 Å². The van der Waals surface area contributed by atoms with E-state index in [1.807, 2.05) is 0 Å². The van der Waals surface area contributed by atoms with Crippen LogP contribution in [0.25, 0.3) is 0 Å². The average molecular weight is 409 g/mol. The van der Waals surface area contributed by atoms with Crippen molar-refractivity contribution in [1.82, 2.24) is 10.3 Å². The highest BCUT2D eigenvalue weighted by Gasteiger charge is 2.24. The summed E-state index contributed by atoms with van der Waals surface area (Å²) >= 11 is 1.37. The van der Waals surface area contributed by atoms with Crippen molar-refractivity contribution in [1.29, 1.82) is 0 Å². The predicted molar refractivity (Wildman–Crippen MR) is 102 cm³/mol. The fourth-order valence-electron chi connectivity index (χ4n) is 2.77. The Hall–Kier alpha value is -2.30. The fourth-order valence-corrected chi connectivity index (χ4v) is 4.15. The highest BCUT2D eigenvalue weighted by Crippen LogP contribution is 2.25. The van der Waals surface area contributed by atoms with Crippen molar-refractivity contribution >= 4 is 38.3 Å². The van der Waals surface area contributed by atoms with Gasteiger partial charge in [-0.05, 0) is 30.5 Å². The third kappa shape index (κ3) is 5.12. The van der Waals surface area contributed by atoms with E-state index in [9.17, 15) is 18.0 Å². The maximum Gasteiger partial charge on any atom is 0.238 e. The summed E-state index contributed by atoms with van der Waals surface area (Å²) < 4.78 is 22.4. The number of nitrogens with two attached hydrogens (primary N) is 1. The minimum Gasteiger partial charge on any atom is -0.355 e. The van der Waals surface area contributed by atoms with Gasteiger partial charge in [0.2, 0.25) is 21.8 Å². The standard InChI is InChI=1S/C17H20N4O4S2/c18-27(24,25)14-5-3-12(4-6-14)7-8-19-15(22)10-13-11-26-17(20-13)21-9-1-2-16(21)23/h3-6,11H,1-2,7-10H2,(H,19,22)(H2,18,24,25). The first-order chi connectivity index (χ1) is 12.8. The van der Waals surface area contributed by atoms with Gasteiger partial charge >= 0.3 is 0 Å². The molecule has 1 saturated heterocycles. The molecule has 2 aromatic rings. The molecule has 0 saturated carbocycles. The smallest absolute Gasteiger partial charge is 0.238 e. The lowest BCUT2D eigenvalue weighted by Gasteiger charge is -2.10. The van der Waals surface area contributed by atoms with Gasteiger partial charge in [0.25, 0.3) is 0 Å². The molecule has 144 valence electrons. The quantitative estimate of drug-likeness (QED) is 0.702. The summed E-state index contributed by atoms with van der Waals surface area (Å²) in [7, 11) is -3.70. The van der Waals surface area contributed by atoms with Crippen molar-refractivity contribution in [3.63, 3.8) is 0 Å². The minimum atomic E-state index is -3.70. The molecule has 0 bridgehead atoms. The molecule has 0 unspecified atom stereocenters. The number of nitrogens with one attached hydrogen (secondary N) is 1. The van der Waals surface area contributed by atoms with Crippen molar-refractivity contribution in [3.8, 4) is 0 Å². The molecule has 3 N–H and O–H groups in total. The Morgan fingerprint density at radius 1 is 1.30 bits per heavy atom. The van der Waals surface area contributed by atoms with Crippen LogP contribution in [0.15, 0.2) is 34.5 Å². The summed E-state index contributed by atoms with van der Waals surface area (Å²) in [4.78, 5) is 29.9. The first-order valence-corrected chi connectivity index (χ1v) is 10.9. The lowest BCUT2D eigenvalue weighted by molar-refractivity contribution is -0.120. The number of hydrogen-bond donors (Lipinski definition) is 2. The first-order valence-electron chi connectivity index (χ1n) is 8.46. The lowest BCUT2D eigenvalue weighted by atomic mass is 10.1. The van der Waals surface area contributed by atoms with E-state index in [-0.39, 0.29) is 23.1 Å². The zero-order valence-electron chi connectivity index (χ0n) is 14.6. The fraction of sp³-hybridized carbons (Fsp3) is 0.353. The van der Waals surface area contributed by atoms with Gasteiger partial charge in [-0.15, -0.1) is 11.3 Å². The number of thiazole rings is 1. The van der Waals surface area contributed by atoms with E-state index in [1.54, 1.807) is 22.4 Å². The summed E-state index contributed by atoms with van der Waals surface area (Å²) in [5, 5.41) is 10.3. The first kappa shape index (κ1) is 19.5. The van der Waals surface area contributed by atoms with Crippen LogP contribution in [0, 0.1) is 0 Å². The van der Waals surface area contributed by atoms with Gasteiger partial charge in [-0.2, -0.15) is 0 Å². The third-order valence-electron chi connectivity index (χ3n) is 4.17. The highest BCUT2D eigenvalue weighted by atomic mass is 32.2. The normalized spacial score (nSPS) is 14.6. The minimum absolute atomic E-state index is 0.0612. The van der Waals surface area contributed by atoms with Gasteiger partial charge < -0.3 is 5.32 Å². The van der Waals surface area contributed by atoms with Crippen molar-refractivity contribution in [2.75, 3.05) is 18.0 Å². The number of aromatic nitrogens is 1. The molecule has 0 aliphatic carbocycles. The van der Waals surface area contributed by atoms with E-state index in [1.165, 1.54) is 23.5 Å². The van der Waals surface area contributed by atoms with Gasteiger partial charge in [0.15, 0.2) is 5.13 Å². The summed E-state index contributed by atoms with van der Waals surface area (Å²) in [6.07, 6.45) is 2.12. The Balaban J connectivity index is 1.46. The van der Waals surface area contributed by atoms with Gasteiger partial charge in [0, 0.05) is 24.9 Å². The topological polar surface area (TPSA) is 122 Å². The Morgan fingerprint density at radius 3 is 2.67 bits per heavy atom. The zero-order valence-corrected chi connectivity index (χ0v) is 16.2. The van der Waals surface area contributed by atoms with E-state index in [0.29, 0.717) is 36.8 Å². The lowest BCUT2D eigenvalue weighted by Crippen LogP contribution is -2.27. The van der Waals surface area contributed by atoms with Gasteiger partial charge in [0.05, 0.1) is 17.0 Å². The van der Waals surface area contributed by atoms with Crippen molar-refractivity contribution < 1.29 is 18.0 Å². The van der Waals surface area contributed by atoms with Crippen molar-refractivity contribution in [2.45, 2.75) is 30.6 Å². The van der Waals surface area contributed by atoms with Crippen LogP contribution in [0.4, 0.5) is 5.13 Å². The van der Waals surface area contributed by atoms with Crippen LogP contribution in [-0.4, -0.2) is 38.3 Å². The number of anilines is 1. The van der Waals surface area contributed by atoms with Crippen LogP contribution < -0.4 is 15.4 Å². The van der Waals surface area contributed by atoms with Crippen LogP contribution in [-0.2, 0) is 32.5 Å². The zero-order chi connectivity index (χ0) is 19.4. The molecule has 0 radical (unpaired) electrons. The molecule has 1 aromatic heterocycles. The molecular formula is C17H20N4O4S2. The predicted octanol–water partition coefficient (Wildman–Crippen LogP) is 0.819. The molecule has 2 heterocycles. The Morgan fingerprint density at radius 2 is 2.04 bits per heavy atom. The highest BCUT2D eigenvalue weighted by molar-refractivity contribution is 7.89. The number of nitrogens with zero attached hydrogens (tertiary/aromatic N) is 2. The molecule has 1 aliphatic rings. The van der Waals surface area contributed by atoms with Crippen LogP contribution in [0.5, 0.6) is 0 Å². The summed E-state index contributed by atoms with van der Waals surface area (Å²) in [6, 6.07) is 6.24. The molecule has 1 aliphatic heterocycles. The maximum absolute atomic E-state index is 12.1. The third-order valence-corrected chi connectivity index (χ3v) is 6.01. The number of carbonyl (C=O) groups excluding carboxylic acids is 2. The number of rotatable bonds is 7. The second-order valence-corrected chi connectivity index (χ2v) is 8.63. The number of primary sulfonamides is 1. The summed E-state index contributed by atoms with van der Waals surface area (Å²) in [5.41, 5.74) is 1.54. The molecular weight excluding hydrogens is 388 g/mol. The molecule has 1 fully saturated rings. The number of sulfonamides is 1. The van der Waals surface area contributed by atoms with E-state index in [2.05, 4.69) is 10.3 Å². The Bertz CT molecular complexity index is 938. The summed E-state index contributed by atoms with van der Waals surface area (Å²) in [6.45, 7) is 1.11. The number of carbonyl (C=O) groups is 2. The molecule has 3 rings (SSSR count). The number of hydrogen-bond acceptors (Lipinski definition) is 6. The second kappa shape index (κ2) is 8.15. The number of benzene rings is 1. The average Bonchev–Trinajstić information content (AvgIpc) is 3.23. The van der Waals surface area contributed by atoms with Crippen LogP contribution in [0.2, 0.25) is 0 Å². The van der Waals surface area contributed by atoms with E-state index in [4.69, 9.17) is 5.14 Å². The van der Waals surface area contributed by atoms with Crippen molar-refractivity contribution in [3.05, 3.63) is 40.9 Å². The maximum atomic E-state index is 12.1. The number of amides is 2. The second-order valence-electron chi connectivity index (χ2n) is 6.24. The Kier molecular flexibility index (Phi) is 5.88. The van der Waals surface area contributed by atoms with Crippen molar-refractivity contribution in [2.24, 2.45) is 5.14 Å². The monoisotopic (exact) mass is 408 g/mol. The summed E-state index contributed by atoms with van der Waals surface area (Å²) in [5.74, 6) is -0.0745. The van der Waals surface area contributed by atoms with E-state index < -0.39 is 10.0 Å². The molecule has 1 aromatic carbocycles. The molecule has 27 heavy (non-hydrogen) atoms. The SMILES string of the molecule is NS(=O)(=O)c1ccc(CCNC(=O)Cc2csc(N3CCCC3=O)n2)cc1. The molecule has 0 atom stereocenters. The van der Waals surface area contributed by atoms with Gasteiger partial charge in [-0.25, -0.2) is 18.5 Å². The van der Waals surface area contributed by atoms with Gasteiger partial charge in [0.1, 0.15) is 0 Å². The molecule has 0 spiro atoms. The Labute approximate surface area is 161 Å². The van der Waals surface area contributed by atoms with Gasteiger partial charge in [-0.1, -0.05) is 12.1 Å². The molecule has 10 heteroatoms. The largest absolute Gasteiger partial charge is 0.355 e. The molecule has 2 amide bonds. The van der Waals surface area contributed by atoms with Crippen LogP contribution in [0.1, 0.15) is 24.1 Å². The van der Waals surface area contributed by atoms with E-state index in [0.717, 1.165) is 12.0 Å². The van der Waals surface area contributed by atoms with Crippen LogP contribution >= 0.6 is 11.3 Å².